The molecule has 0 aliphatic carbocycles. The Hall–Kier alpha value is -5.61. The Labute approximate surface area is 340 Å². The van der Waals surface area contributed by atoms with Gasteiger partial charge in [0.1, 0.15) is 36.5 Å². The van der Waals surface area contributed by atoms with Crippen LogP contribution in [0.25, 0.3) is 0 Å². The van der Waals surface area contributed by atoms with Gasteiger partial charge in [-0.3, -0.25) is 9.50 Å². The van der Waals surface area contributed by atoms with Gasteiger partial charge in [0, 0.05) is 24.1 Å². The largest absolute Gasteiger partial charge is 0.480 e. The predicted molar refractivity (Wildman–Crippen MR) is 209 cm³/mol. The summed E-state index contributed by atoms with van der Waals surface area (Å²) in [5.74, 6) is -2.62. The second-order valence-electron chi connectivity index (χ2n) is 13.1. The third-order valence-corrected chi connectivity index (χ3v) is 5.95. The summed E-state index contributed by atoms with van der Waals surface area (Å²) in [6, 6.07) is 14.1. The minimum Gasteiger partial charge on any atom is -0.480 e. The van der Waals surface area contributed by atoms with Crippen LogP contribution in [0.5, 0.6) is 0 Å². The second kappa shape index (κ2) is 27.9. The van der Waals surface area contributed by atoms with Crippen LogP contribution in [0.4, 0.5) is 23.9 Å². The molecule has 2 rings (SSSR count). The topological polar surface area (TPSA) is 234 Å². The van der Waals surface area contributed by atoms with Gasteiger partial charge in [-0.25, -0.2) is 24.0 Å². The van der Waals surface area contributed by atoms with E-state index in [2.05, 4.69) is 16.0 Å². The molecule has 56 heavy (non-hydrogen) atoms. The van der Waals surface area contributed by atoms with Crippen molar-refractivity contribution in [1.29, 1.82) is 0 Å². The third kappa shape index (κ3) is 27.9. The Kier molecular flexibility index (Phi) is 19.3. The zero-order chi connectivity index (χ0) is 47.7. The van der Waals surface area contributed by atoms with Crippen molar-refractivity contribution < 1.29 is 68.5 Å². The quantitative estimate of drug-likeness (QED) is 0.0914. The first-order valence-corrected chi connectivity index (χ1v) is 16.7. The molecule has 0 aliphatic heterocycles. The summed E-state index contributed by atoms with van der Waals surface area (Å²) in [4.78, 5) is 70.5. The number of nitrogens with two attached hydrogens (primary N) is 1. The lowest BCUT2D eigenvalue weighted by Crippen LogP contribution is -2.44. The van der Waals surface area contributed by atoms with Crippen LogP contribution in [0.1, 0.15) is 109 Å². The van der Waals surface area contributed by atoms with Gasteiger partial charge in [-0.05, 0) is 91.0 Å². The maximum atomic E-state index is 12.0. The molecule has 2 aromatic rings. The van der Waals surface area contributed by atoms with E-state index in [4.69, 9.17) is 35.6 Å². The van der Waals surface area contributed by atoms with Gasteiger partial charge in [0.2, 0.25) is 5.91 Å². The molecule has 0 heterocycles. The highest BCUT2D eigenvalue weighted by atomic mass is 19.0. The zero-order valence-electron chi connectivity index (χ0n) is 39.7. The number of alkyl carbamates (subject to hydrolysis) is 4. The fraction of sp³-hybridized carbons (Fsp3) is 0.538. The van der Waals surface area contributed by atoms with Crippen LogP contribution in [0, 0.1) is 0 Å². The monoisotopic (exact) mass is 803 g/mol. The number of amides is 5. The number of ether oxygens (including phenoxy) is 4. The van der Waals surface area contributed by atoms with Crippen LogP contribution < -0.4 is 27.0 Å². The number of halogens is 1. The van der Waals surface area contributed by atoms with Gasteiger partial charge in [-0.2, -0.15) is 0 Å². The molecule has 16 nitrogen and oxygen atoms in total. The van der Waals surface area contributed by atoms with Crippen molar-refractivity contribution in [3.63, 3.8) is 0 Å². The number of carboxylic acid groups (broad SMARTS) is 1. The van der Waals surface area contributed by atoms with Crippen molar-refractivity contribution in [3.8, 4) is 0 Å². The van der Waals surface area contributed by atoms with Crippen LogP contribution in [-0.2, 0) is 41.8 Å². The number of carbonyl (C=O) groups is 6. The highest BCUT2D eigenvalue weighted by molar-refractivity contribution is 5.84. The number of aliphatic carboxylic acids is 1. The van der Waals surface area contributed by atoms with Crippen LogP contribution in [0.2, 0.25) is 0 Å². The first-order valence-electron chi connectivity index (χ1n) is 20.7. The van der Waals surface area contributed by atoms with E-state index in [9.17, 15) is 33.9 Å². The molecule has 0 fully saturated rings. The number of hydrogen-bond donors (Lipinski definition) is 6. The Morgan fingerprint density at radius 3 is 1.34 bits per heavy atom. The number of carbonyl (C=O) groups excluding carboxylic acids is 5. The molecular weight excluding hydrogens is 733 g/mol. The third-order valence-electron chi connectivity index (χ3n) is 5.95. The van der Waals surface area contributed by atoms with Gasteiger partial charge < -0.3 is 51.1 Å². The maximum absolute atomic E-state index is 12.0. The van der Waals surface area contributed by atoms with E-state index in [-0.39, 0.29) is 25.3 Å². The first kappa shape index (κ1) is 38.7. The highest BCUT2D eigenvalue weighted by Gasteiger charge is 2.21. The van der Waals surface area contributed by atoms with Crippen molar-refractivity contribution in [3.05, 3.63) is 71.8 Å². The molecule has 0 aromatic heterocycles. The van der Waals surface area contributed by atoms with Gasteiger partial charge in [0.15, 0.2) is 0 Å². The van der Waals surface area contributed by atoms with Crippen LogP contribution in [-0.4, -0.2) is 77.7 Å². The second-order valence-corrected chi connectivity index (χ2v) is 13.1. The maximum Gasteiger partial charge on any atom is 0.408 e. The van der Waals surface area contributed by atoms with Crippen LogP contribution in [0.3, 0.4) is 0 Å². The number of primary amides is 1. The van der Waals surface area contributed by atoms with E-state index in [0.29, 0.717) is 11.1 Å². The molecule has 316 valence electrons. The number of benzene rings is 2. The molecule has 0 spiro atoms. The summed E-state index contributed by atoms with van der Waals surface area (Å²) >= 11 is 0. The van der Waals surface area contributed by atoms with E-state index in [1.54, 1.807) is 102 Å². The normalized spacial score (nSPS) is 14.7. The summed E-state index contributed by atoms with van der Waals surface area (Å²) < 4.78 is 83.9. The molecule has 7 N–H and O–H groups in total. The molecule has 5 amide bonds. The Morgan fingerprint density at radius 1 is 0.643 bits per heavy atom. The number of hydrogen-bond acceptors (Lipinski definition) is 10. The van der Waals surface area contributed by atoms with E-state index < -0.39 is 111 Å². The Balaban J connectivity index is 0. The predicted octanol–water partition coefficient (Wildman–Crippen LogP) is 6.31. The molecule has 0 aliphatic rings. The summed E-state index contributed by atoms with van der Waals surface area (Å²) in [6.07, 6.45) is -16.2. The lowest BCUT2D eigenvalue weighted by molar-refractivity contribution is -0.139. The lowest BCUT2D eigenvalue weighted by atomic mass is 10.1. The molecule has 0 radical (unpaired) electrons. The first-order chi connectivity index (χ1) is 28.3. The summed E-state index contributed by atoms with van der Waals surface area (Å²) in [7, 11) is 0. The minimum absolute atomic E-state index is 0. The van der Waals surface area contributed by atoms with Crippen molar-refractivity contribution in [1.82, 2.24) is 21.3 Å². The molecule has 0 saturated heterocycles. The lowest BCUT2D eigenvalue weighted by Gasteiger charge is -2.19. The van der Waals surface area contributed by atoms with Crippen molar-refractivity contribution in [2.45, 2.75) is 124 Å². The van der Waals surface area contributed by atoms with Gasteiger partial charge in [0.05, 0.1) is 0 Å². The molecule has 0 saturated carbocycles. The molecule has 0 unspecified atom stereocenters. The van der Waals surface area contributed by atoms with E-state index in [1.165, 1.54) is 0 Å². The fourth-order valence-electron chi connectivity index (χ4n) is 3.57. The van der Waals surface area contributed by atoms with Crippen molar-refractivity contribution in [2.75, 3.05) is 13.1 Å². The highest BCUT2D eigenvalue weighted by Crippen LogP contribution is 2.09. The fourth-order valence-corrected chi connectivity index (χ4v) is 3.57. The average Bonchev–Trinajstić information content (AvgIpc) is 3.13. The standard InChI is InChI=1S/C19H29N3O5.C19H28N2O6.CH4.FH/c1-19(2,3)27-17(24)21-12-8-7-11-15(16(20)23)22-18(25)26-13-14-9-5-4-6-10-14;1-19(2,3)27-17(24)20-12-8-7-11-15(16(22)23)21-18(25)26-13-14-9-5-4-6-10-14;;/h4-6,9-10,15H,7-8,11-13H2,1-3H3,(H2,20,23)(H,21,24)(H,22,25);4-6,9-10,15H,7-8,11-13H2,1-3H3,(H,20,24)(H,21,25)(H,22,23);1H4;1H/t2*15-;;/m00../s1/i2*7D2,8D2;;. The molecule has 17 heteroatoms. The molecule has 2 atom stereocenters. The smallest absolute Gasteiger partial charge is 0.408 e. The SMILES string of the molecule is C.F.[2H]C([2H])(CNC(=O)OC(C)(C)C)C([2H])([2H])C[C@H](NC(=O)OCc1ccccc1)C(=O)O.[2H]C([2H])(CNC(=O)OC(C)(C)C)C([2H])([2H])C[C@H](NC(=O)OCc1ccccc1)C(N)=O. The van der Waals surface area contributed by atoms with E-state index in [0.717, 1.165) is 0 Å². The van der Waals surface area contributed by atoms with Crippen molar-refractivity contribution >= 4 is 36.2 Å². The van der Waals surface area contributed by atoms with E-state index in [1.807, 2.05) is 5.32 Å². The van der Waals surface area contributed by atoms with Gasteiger partial charge >= 0.3 is 30.3 Å². The Bertz CT molecular complexity index is 1680. The minimum atomic E-state index is -2.72. The zero-order valence-corrected chi connectivity index (χ0v) is 31.7. The summed E-state index contributed by atoms with van der Waals surface area (Å²) in [6.45, 7) is 8.03. The van der Waals surface area contributed by atoms with Gasteiger partial charge in [-0.1, -0.05) is 68.1 Å². The molecule has 2 aromatic carbocycles. The molecule has 0 bridgehead atoms. The van der Waals surface area contributed by atoms with Gasteiger partial charge in [-0.15, -0.1) is 0 Å². The average molecular weight is 804 g/mol. The summed E-state index contributed by atoms with van der Waals surface area (Å²) in [5.41, 5.74) is 4.99. The summed E-state index contributed by atoms with van der Waals surface area (Å²) in [5, 5.41) is 17.8. The number of rotatable bonds is 18. The van der Waals surface area contributed by atoms with Crippen molar-refractivity contribution in [2.24, 2.45) is 5.73 Å². The number of carboxylic acids is 1. The Morgan fingerprint density at radius 2 is 1.00 bits per heavy atom. The number of nitrogens with one attached hydrogen (secondary N) is 4. The van der Waals surface area contributed by atoms with Gasteiger partial charge in [0.25, 0.3) is 0 Å². The van der Waals surface area contributed by atoms with Crippen LogP contribution in [0.15, 0.2) is 60.7 Å². The van der Waals surface area contributed by atoms with E-state index >= 15 is 0 Å². The van der Waals surface area contributed by atoms with Crippen LogP contribution >= 0.6 is 0 Å². The molecular formula is C39H62FN5O11.